The van der Waals surface area contributed by atoms with Crippen LogP contribution in [0.5, 0.6) is 5.75 Å². The molecule has 0 saturated carbocycles. The standard InChI is InChI=1S/C24H31N3O2S/c1-27(2)16-8-4-5-9-20-12-14-21(15-13-20)24-26-25-23(29-24)19-30-18-17-28-22-10-6-3-7-11-22/h3,5-7,9-12,14H,4,8,13,15-19H2,1-2H3/b9-5+. The highest BCUT2D eigenvalue weighted by Gasteiger charge is 2.13. The van der Waals surface area contributed by atoms with Gasteiger partial charge in [0, 0.05) is 11.3 Å². The molecule has 0 saturated heterocycles. The van der Waals surface area contributed by atoms with Crippen molar-refractivity contribution in [1.82, 2.24) is 15.1 Å². The third-order valence-corrected chi connectivity index (χ3v) is 5.60. The average Bonchev–Trinajstić information content (AvgIpc) is 3.23. The zero-order valence-electron chi connectivity index (χ0n) is 17.9. The van der Waals surface area contributed by atoms with E-state index in [0.717, 1.165) is 42.9 Å². The van der Waals surface area contributed by atoms with Crippen molar-refractivity contribution in [3.05, 3.63) is 72.0 Å². The van der Waals surface area contributed by atoms with Gasteiger partial charge in [-0.15, -0.1) is 22.0 Å². The van der Waals surface area contributed by atoms with Crippen LogP contribution in [0.3, 0.4) is 0 Å². The van der Waals surface area contributed by atoms with Crippen molar-refractivity contribution in [3.63, 3.8) is 0 Å². The van der Waals surface area contributed by atoms with Gasteiger partial charge in [-0.25, -0.2) is 0 Å². The van der Waals surface area contributed by atoms with Crippen LogP contribution in [0.4, 0.5) is 0 Å². The fraction of sp³-hybridized carbons (Fsp3) is 0.417. The summed E-state index contributed by atoms with van der Waals surface area (Å²) in [6, 6.07) is 9.87. The molecule has 0 aliphatic heterocycles. The Morgan fingerprint density at radius 2 is 2.00 bits per heavy atom. The Morgan fingerprint density at radius 1 is 1.13 bits per heavy atom. The third kappa shape index (κ3) is 7.84. The molecule has 160 valence electrons. The van der Waals surface area contributed by atoms with Crippen molar-refractivity contribution in [3.8, 4) is 5.75 Å². The number of aromatic nitrogens is 2. The monoisotopic (exact) mass is 425 g/mol. The van der Waals surface area contributed by atoms with Gasteiger partial charge in [0.2, 0.25) is 11.8 Å². The minimum atomic E-state index is 0.649. The lowest BCUT2D eigenvalue weighted by atomic mass is 9.98. The van der Waals surface area contributed by atoms with E-state index < -0.39 is 0 Å². The molecule has 0 spiro atoms. The molecule has 0 atom stereocenters. The molecule has 1 aliphatic rings. The molecular weight excluding hydrogens is 394 g/mol. The second-order valence-corrected chi connectivity index (χ2v) is 8.60. The van der Waals surface area contributed by atoms with Crippen LogP contribution in [0, 0.1) is 0 Å². The lowest BCUT2D eigenvalue weighted by Crippen LogP contribution is -2.12. The molecular formula is C24H31N3O2S. The molecule has 5 nitrogen and oxygen atoms in total. The second kappa shape index (κ2) is 12.4. The van der Waals surface area contributed by atoms with Crippen molar-refractivity contribution >= 4 is 17.3 Å². The highest BCUT2D eigenvalue weighted by atomic mass is 32.2. The minimum Gasteiger partial charge on any atom is -0.493 e. The number of ether oxygens (including phenoxy) is 1. The normalized spacial score (nSPS) is 14.2. The Morgan fingerprint density at radius 3 is 2.77 bits per heavy atom. The number of benzene rings is 1. The zero-order valence-corrected chi connectivity index (χ0v) is 18.7. The maximum atomic E-state index is 5.85. The largest absolute Gasteiger partial charge is 0.493 e. The van der Waals surface area contributed by atoms with Gasteiger partial charge in [0.25, 0.3) is 0 Å². The summed E-state index contributed by atoms with van der Waals surface area (Å²) in [5.41, 5.74) is 2.48. The Kier molecular flexibility index (Phi) is 9.25. The Labute approximate surface area is 183 Å². The number of hydrogen-bond donors (Lipinski definition) is 0. The number of rotatable bonds is 12. The van der Waals surface area contributed by atoms with E-state index in [4.69, 9.17) is 9.15 Å². The summed E-state index contributed by atoms with van der Waals surface area (Å²) >= 11 is 1.74. The van der Waals surface area contributed by atoms with E-state index in [0.29, 0.717) is 24.1 Å². The van der Waals surface area contributed by atoms with Crippen molar-refractivity contribution < 1.29 is 9.15 Å². The number of allylic oxidation sites excluding steroid dienone is 6. The van der Waals surface area contributed by atoms with Gasteiger partial charge in [0.1, 0.15) is 5.75 Å². The van der Waals surface area contributed by atoms with Crippen LogP contribution < -0.4 is 4.74 Å². The summed E-state index contributed by atoms with van der Waals surface area (Å²) in [6.07, 6.45) is 13.1. The Bertz CT molecular complexity index is 856. The molecule has 1 heterocycles. The van der Waals surface area contributed by atoms with Crippen LogP contribution in [-0.4, -0.2) is 48.1 Å². The van der Waals surface area contributed by atoms with Crippen molar-refractivity contribution in [2.45, 2.75) is 31.4 Å². The first kappa shape index (κ1) is 22.4. The summed E-state index contributed by atoms with van der Waals surface area (Å²) < 4.78 is 11.6. The van der Waals surface area contributed by atoms with Crippen LogP contribution in [0.15, 0.2) is 64.6 Å². The quantitative estimate of drug-likeness (QED) is 0.425. The fourth-order valence-electron chi connectivity index (χ4n) is 3.07. The summed E-state index contributed by atoms with van der Waals surface area (Å²) in [5.74, 6) is 3.80. The first-order chi connectivity index (χ1) is 14.7. The van der Waals surface area contributed by atoms with E-state index in [1.165, 1.54) is 12.0 Å². The van der Waals surface area contributed by atoms with E-state index in [9.17, 15) is 0 Å². The van der Waals surface area contributed by atoms with Gasteiger partial charge >= 0.3 is 0 Å². The molecule has 0 unspecified atom stereocenters. The predicted molar refractivity (Wildman–Crippen MR) is 125 cm³/mol. The smallest absolute Gasteiger partial charge is 0.243 e. The highest BCUT2D eigenvalue weighted by molar-refractivity contribution is 7.98. The average molecular weight is 426 g/mol. The highest BCUT2D eigenvalue weighted by Crippen LogP contribution is 2.27. The lowest BCUT2D eigenvalue weighted by Gasteiger charge is -2.09. The Balaban J connectivity index is 1.38. The summed E-state index contributed by atoms with van der Waals surface area (Å²) in [4.78, 5) is 2.22. The van der Waals surface area contributed by atoms with Gasteiger partial charge in [-0.3, -0.25) is 0 Å². The fourth-order valence-corrected chi connectivity index (χ4v) is 3.70. The first-order valence-electron chi connectivity index (χ1n) is 10.5. The number of unbranched alkanes of at least 4 members (excludes halogenated alkanes) is 1. The second-order valence-electron chi connectivity index (χ2n) is 7.50. The summed E-state index contributed by atoms with van der Waals surface area (Å²) in [5, 5.41) is 8.43. The first-order valence-corrected chi connectivity index (χ1v) is 11.7. The van der Waals surface area contributed by atoms with Crippen LogP contribution in [0.1, 0.15) is 37.5 Å². The van der Waals surface area contributed by atoms with Gasteiger partial charge in [-0.05, 0) is 64.0 Å². The Hall–Kier alpha value is -2.31. The lowest BCUT2D eigenvalue weighted by molar-refractivity contribution is 0.344. The van der Waals surface area contributed by atoms with E-state index >= 15 is 0 Å². The molecule has 2 aromatic rings. The summed E-state index contributed by atoms with van der Waals surface area (Å²) in [7, 11) is 4.23. The van der Waals surface area contributed by atoms with Crippen molar-refractivity contribution in [1.29, 1.82) is 0 Å². The minimum absolute atomic E-state index is 0.649. The van der Waals surface area contributed by atoms with E-state index in [-0.39, 0.29) is 0 Å². The van der Waals surface area contributed by atoms with E-state index in [2.05, 4.69) is 53.5 Å². The number of thioether (sulfide) groups is 1. The summed E-state index contributed by atoms with van der Waals surface area (Å²) in [6.45, 7) is 1.79. The molecule has 0 N–H and O–H groups in total. The van der Waals surface area contributed by atoms with Gasteiger partial charge in [0.15, 0.2) is 0 Å². The van der Waals surface area contributed by atoms with Crippen molar-refractivity contribution in [2.75, 3.05) is 33.0 Å². The van der Waals surface area contributed by atoms with Crippen molar-refractivity contribution in [2.24, 2.45) is 0 Å². The molecule has 0 fully saturated rings. The molecule has 1 aliphatic carbocycles. The number of nitrogens with zero attached hydrogens (tertiary/aromatic N) is 3. The van der Waals surface area contributed by atoms with Crippen LogP contribution >= 0.6 is 11.8 Å². The molecule has 0 radical (unpaired) electrons. The molecule has 30 heavy (non-hydrogen) atoms. The predicted octanol–water partition coefficient (Wildman–Crippen LogP) is 5.38. The SMILES string of the molecule is CN(C)CCC/C=C/C1=CC=C(c2nnc(CSCCOc3ccccc3)o2)CC1. The maximum absolute atomic E-state index is 5.85. The molecule has 1 aromatic heterocycles. The van der Waals surface area contributed by atoms with Gasteiger partial charge in [-0.1, -0.05) is 42.5 Å². The van der Waals surface area contributed by atoms with Gasteiger partial charge < -0.3 is 14.1 Å². The zero-order chi connectivity index (χ0) is 21.0. The van der Waals surface area contributed by atoms with E-state index in [1.807, 2.05) is 30.3 Å². The topological polar surface area (TPSA) is 51.4 Å². The van der Waals surface area contributed by atoms with Gasteiger partial charge in [0.05, 0.1) is 12.4 Å². The molecule has 3 rings (SSSR count). The van der Waals surface area contributed by atoms with Crippen LogP contribution in [0.25, 0.3) is 5.57 Å². The van der Waals surface area contributed by atoms with Crippen LogP contribution in [0.2, 0.25) is 0 Å². The number of hydrogen-bond acceptors (Lipinski definition) is 6. The molecule has 0 amide bonds. The van der Waals surface area contributed by atoms with Gasteiger partial charge in [-0.2, -0.15) is 0 Å². The third-order valence-electron chi connectivity index (χ3n) is 4.70. The maximum Gasteiger partial charge on any atom is 0.243 e. The van der Waals surface area contributed by atoms with E-state index in [1.54, 1.807) is 11.8 Å². The number of para-hydroxylation sites is 1. The molecule has 1 aromatic carbocycles. The molecule has 0 bridgehead atoms. The molecule has 6 heteroatoms. The van der Waals surface area contributed by atoms with Crippen LogP contribution in [-0.2, 0) is 5.75 Å².